The van der Waals surface area contributed by atoms with Gasteiger partial charge >= 0.3 is 5.97 Å². The Balaban J connectivity index is 2.84. The van der Waals surface area contributed by atoms with Gasteiger partial charge in [0.15, 0.2) is 6.04 Å². The number of aliphatic carboxylic acids is 1. The van der Waals surface area contributed by atoms with E-state index < -0.39 is 24.0 Å². The standard InChI is InChI=1S/C9H14N4O3/c1-5(10)8(14)12-7(9(15)16)6-3-11-13(2)4-6/h3-5,7H,10H2,1-2H3,(H,12,14)(H,15,16)/t5-,7?/m0/s1. The summed E-state index contributed by atoms with van der Waals surface area (Å²) in [6.07, 6.45) is 2.92. The Hall–Kier alpha value is -1.89. The molecule has 7 nitrogen and oxygen atoms in total. The number of rotatable bonds is 4. The van der Waals surface area contributed by atoms with E-state index in [4.69, 9.17) is 10.8 Å². The zero-order chi connectivity index (χ0) is 12.3. The molecule has 2 atom stereocenters. The van der Waals surface area contributed by atoms with Crippen molar-refractivity contribution in [3.63, 3.8) is 0 Å². The predicted molar refractivity (Wildman–Crippen MR) is 55.4 cm³/mol. The van der Waals surface area contributed by atoms with Crippen molar-refractivity contribution in [3.05, 3.63) is 18.0 Å². The Kier molecular flexibility index (Phi) is 3.62. The smallest absolute Gasteiger partial charge is 0.331 e. The molecule has 0 aliphatic heterocycles. The topological polar surface area (TPSA) is 110 Å². The normalized spacial score (nSPS) is 14.2. The largest absolute Gasteiger partial charge is 0.479 e. The van der Waals surface area contributed by atoms with Gasteiger partial charge in [0.1, 0.15) is 0 Å². The van der Waals surface area contributed by atoms with Gasteiger partial charge in [-0.2, -0.15) is 5.10 Å². The number of nitrogens with zero attached hydrogens (tertiary/aromatic N) is 2. The lowest BCUT2D eigenvalue weighted by atomic mass is 10.1. The average Bonchev–Trinajstić information content (AvgIpc) is 2.59. The molecule has 0 saturated heterocycles. The van der Waals surface area contributed by atoms with E-state index >= 15 is 0 Å². The Morgan fingerprint density at radius 2 is 2.25 bits per heavy atom. The molecule has 1 rings (SSSR count). The highest BCUT2D eigenvalue weighted by molar-refractivity contribution is 5.87. The molecule has 1 aromatic rings. The van der Waals surface area contributed by atoms with Gasteiger partial charge in [0.25, 0.3) is 0 Å². The Labute approximate surface area is 92.2 Å². The van der Waals surface area contributed by atoms with Crippen LogP contribution in [0.25, 0.3) is 0 Å². The number of hydrogen-bond donors (Lipinski definition) is 3. The van der Waals surface area contributed by atoms with E-state index in [2.05, 4.69) is 10.4 Å². The Bertz CT molecular complexity index is 399. The minimum atomic E-state index is -1.15. The van der Waals surface area contributed by atoms with Gasteiger partial charge in [0.2, 0.25) is 5.91 Å². The number of nitrogens with two attached hydrogens (primary N) is 1. The van der Waals surface area contributed by atoms with Crippen molar-refractivity contribution in [2.75, 3.05) is 0 Å². The average molecular weight is 226 g/mol. The van der Waals surface area contributed by atoms with E-state index in [9.17, 15) is 9.59 Å². The van der Waals surface area contributed by atoms with Crippen LogP contribution in [0.5, 0.6) is 0 Å². The minimum absolute atomic E-state index is 0.406. The molecule has 0 aliphatic rings. The van der Waals surface area contributed by atoms with Gasteiger partial charge in [0, 0.05) is 18.8 Å². The first-order valence-electron chi connectivity index (χ1n) is 4.69. The number of carboxylic acid groups (broad SMARTS) is 1. The number of carboxylic acids is 1. The summed E-state index contributed by atoms with van der Waals surface area (Å²) in [5, 5.41) is 15.1. The number of carbonyl (C=O) groups is 2. The van der Waals surface area contributed by atoms with Crippen LogP contribution < -0.4 is 11.1 Å². The summed E-state index contributed by atoms with van der Waals surface area (Å²) in [5.41, 5.74) is 5.75. The first-order chi connectivity index (χ1) is 7.41. The second kappa shape index (κ2) is 4.75. The molecule has 0 aromatic carbocycles. The monoisotopic (exact) mass is 226 g/mol. The van der Waals surface area contributed by atoms with Gasteiger partial charge in [-0.1, -0.05) is 0 Å². The van der Waals surface area contributed by atoms with Crippen LogP contribution in [0.2, 0.25) is 0 Å². The highest BCUT2D eigenvalue weighted by Gasteiger charge is 2.24. The van der Waals surface area contributed by atoms with Crippen molar-refractivity contribution in [2.24, 2.45) is 12.8 Å². The van der Waals surface area contributed by atoms with Crippen LogP contribution in [0, 0.1) is 0 Å². The summed E-state index contributed by atoms with van der Waals surface area (Å²) < 4.78 is 1.46. The number of aryl methyl sites for hydroxylation is 1. The maximum atomic E-state index is 11.3. The quantitative estimate of drug-likeness (QED) is 0.610. The fourth-order valence-electron chi connectivity index (χ4n) is 1.15. The van der Waals surface area contributed by atoms with Crippen molar-refractivity contribution >= 4 is 11.9 Å². The van der Waals surface area contributed by atoms with E-state index in [-0.39, 0.29) is 0 Å². The SMILES string of the molecule is C[C@H](N)C(=O)NC(C(=O)O)c1cnn(C)c1. The molecular weight excluding hydrogens is 212 g/mol. The molecule has 88 valence electrons. The summed E-state index contributed by atoms with van der Waals surface area (Å²) >= 11 is 0. The third-order valence-electron chi connectivity index (χ3n) is 2.01. The lowest BCUT2D eigenvalue weighted by Crippen LogP contribution is -2.42. The van der Waals surface area contributed by atoms with Crippen molar-refractivity contribution in [1.82, 2.24) is 15.1 Å². The lowest BCUT2D eigenvalue weighted by Gasteiger charge is -2.14. The van der Waals surface area contributed by atoms with Gasteiger partial charge in [-0.3, -0.25) is 9.48 Å². The molecule has 1 aromatic heterocycles. The molecule has 7 heteroatoms. The molecule has 0 fully saturated rings. The predicted octanol–water partition coefficient (Wildman–Crippen LogP) is -0.991. The van der Waals surface area contributed by atoms with Crippen LogP contribution in [-0.4, -0.2) is 32.8 Å². The van der Waals surface area contributed by atoms with Crippen LogP contribution in [0.3, 0.4) is 0 Å². The van der Waals surface area contributed by atoms with E-state index in [1.54, 1.807) is 7.05 Å². The van der Waals surface area contributed by atoms with Crippen molar-refractivity contribution < 1.29 is 14.7 Å². The van der Waals surface area contributed by atoms with E-state index in [1.165, 1.54) is 24.0 Å². The molecule has 1 heterocycles. The van der Waals surface area contributed by atoms with Gasteiger partial charge in [-0.25, -0.2) is 4.79 Å². The molecule has 1 amide bonds. The fraction of sp³-hybridized carbons (Fsp3) is 0.444. The van der Waals surface area contributed by atoms with Gasteiger partial charge in [0.05, 0.1) is 12.2 Å². The molecule has 0 bridgehead atoms. The zero-order valence-electron chi connectivity index (χ0n) is 9.04. The minimum Gasteiger partial charge on any atom is -0.479 e. The van der Waals surface area contributed by atoms with Crippen molar-refractivity contribution in [3.8, 4) is 0 Å². The van der Waals surface area contributed by atoms with Gasteiger partial charge in [-0.15, -0.1) is 0 Å². The van der Waals surface area contributed by atoms with Crippen molar-refractivity contribution in [1.29, 1.82) is 0 Å². The molecule has 0 aliphatic carbocycles. The third kappa shape index (κ3) is 2.80. The summed E-state index contributed by atoms with van der Waals surface area (Å²) in [4.78, 5) is 22.3. The van der Waals surface area contributed by atoms with Gasteiger partial charge < -0.3 is 16.2 Å². The molecular formula is C9H14N4O3. The molecule has 0 saturated carbocycles. The molecule has 16 heavy (non-hydrogen) atoms. The van der Waals surface area contributed by atoms with E-state index in [0.29, 0.717) is 5.56 Å². The maximum Gasteiger partial charge on any atom is 0.331 e. The molecule has 4 N–H and O–H groups in total. The molecule has 1 unspecified atom stereocenters. The number of aromatic nitrogens is 2. The van der Waals surface area contributed by atoms with Crippen molar-refractivity contribution in [2.45, 2.75) is 19.0 Å². The summed E-state index contributed by atoms with van der Waals surface area (Å²) in [5.74, 6) is -1.67. The number of nitrogens with one attached hydrogen (secondary N) is 1. The Morgan fingerprint density at radius 1 is 1.62 bits per heavy atom. The zero-order valence-corrected chi connectivity index (χ0v) is 9.04. The first kappa shape index (κ1) is 12.2. The summed E-state index contributed by atoms with van der Waals surface area (Å²) in [6.45, 7) is 1.48. The first-order valence-corrected chi connectivity index (χ1v) is 4.69. The third-order valence-corrected chi connectivity index (χ3v) is 2.01. The lowest BCUT2D eigenvalue weighted by molar-refractivity contribution is -0.142. The van der Waals surface area contributed by atoms with Crippen LogP contribution in [0.1, 0.15) is 18.5 Å². The van der Waals surface area contributed by atoms with Crippen LogP contribution >= 0.6 is 0 Å². The molecule has 0 spiro atoms. The van der Waals surface area contributed by atoms with Crippen LogP contribution in [-0.2, 0) is 16.6 Å². The van der Waals surface area contributed by atoms with Crippen LogP contribution in [0.15, 0.2) is 12.4 Å². The highest BCUT2D eigenvalue weighted by atomic mass is 16.4. The summed E-state index contributed by atoms with van der Waals surface area (Å²) in [6, 6.07) is -1.87. The number of carbonyl (C=O) groups excluding carboxylic acids is 1. The number of hydrogen-bond acceptors (Lipinski definition) is 4. The van der Waals surface area contributed by atoms with E-state index in [1.807, 2.05) is 0 Å². The fourth-order valence-corrected chi connectivity index (χ4v) is 1.15. The van der Waals surface area contributed by atoms with Gasteiger partial charge in [-0.05, 0) is 6.92 Å². The van der Waals surface area contributed by atoms with E-state index in [0.717, 1.165) is 0 Å². The number of amides is 1. The molecule has 0 radical (unpaired) electrons. The summed E-state index contributed by atoms with van der Waals surface area (Å²) in [7, 11) is 1.66. The second-order valence-electron chi connectivity index (χ2n) is 3.52. The second-order valence-corrected chi connectivity index (χ2v) is 3.52. The highest BCUT2D eigenvalue weighted by Crippen LogP contribution is 2.11. The Morgan fingerprint density at radius 3 is 2.62 bits per heavy atom. The van der Waals surface area contributed by atoms with Crippen LogP contribution in [0.4, 0.5) is 0 Å². The maximum absolute atomic E-state index is 11.3.